The van der Waals surface area contributed by atoms with Gasteiger partial charge in [-0.15, -0.1) is 0 Å². The minimum atomic E-state index is -0.477. The van der Waals surface area contributed by atoms with Gasteiger partial charge in [-0.3, -0.25) is 14.2 Å². The van der Waals surface area contributed by atoms with Gasteiger partial charge in [0.15, 0.2) is 0 Å². The van der Waals surface area contributed by atoms with E-state index in [4.69, 9.17) is 0 Å². The van der Waals surface area contributed by atoms with Crippen molar-refractivity contribution < 1.29 is 5.11 Å². The first-order valence-electron chi connectivity index (χ1n) is 5.69. The summed E-state index contributed by atoms with van der Waals surface area (Å²) < 4.78 is 1.47. The fourth-order valence-electron chi connectivity index (χ4n) is 1.88. The van der Waals surface area contributed by atoms with Gasteiger partial charge in [-0.05, 0) is 12.1 Å². The molecule has 0 spiro atoms. The van der Waals surface area contributed by atoms with E-state index in [1.165, 1.54) is 10.5 Å². The Labute approximate surface area is 103 Å². The van der Waals surface area contributed by atoms with Crippen LogP contribution in [0.15, 0.2) is 40.2 Å². The van der Waals surface area contributed by atoms with Crippen LogP contribution in [-0.4, -0.2) is 39.5 Å². The van der Waals surface area contributed by atoms with Crippen molar-refractivity contribution in [2.24, 2.45) is 4.99 Å². The molecule has 1 unspecified atom stereocenters. The summed E-state index contributed by atoms with van der Waals surface area (Å²) in [6.45, 7) is 0.757. The smallest absolute Gasteiger partial charge is 0.258 e. The number of hydrogen-bond acceptors (Lipinski definition) is 5. The fraction of sp³-hybridized carbons (Fsp3) is 0.250. The maximum atomic E-state index is 11.9. The highest BCUT2D eigenvalue weighted by Crippen LogP contribution is 2.02. The van der Waals surface area contributed by atoms with E-state index in [9.17, 15) is 9.90 Å². The molecule has 1 aliphatic heterocycles. The Hall–Kier alpha value is -2.21. The van der Waals surface area contributed by atoms with E-state index >= 15 is 0 Å². The van der Waals surface area contributed by atoms with Crippen LogP contribution in [0.4, 0.5) is 0 Å². The lowest BCUT2D eigenvalue weighted by Crippen LogP contribution is -2.40. The number of amidine groups is 1. The predicted molar refractivity (Wildman–Crippen MR) is 66.9 cm³/mol. The lowest BCUT2D eigenvalue weighted by atomic mass is 10.2. The third kappa shape index (κ3) is 1.86. The number of aliphatic imine (C=N–C) groups is 1. The normalized spacial score (nSPS) is 19.4. The van der Waals surface area contributed by atoms with Crippen molar-refractivity contribution in [1.82, 2.24) is 14.7 Å². The Bertz CT molecular complexity index is 677. The van der Waals surface area contributed by atoms with Crippen LogP contribution >= 0.6 is 0 Å². The summed E-state index contributed by atoms with van der Waals surface area (Å²) >= 11 is 0. The predicted octanol–water partition coefficient (Wildman–Crippen LogP) is -0.595. The summed E-state index contributed by atoms with van der Waals surface area (Å²) in [6.07, 6.45) is 1.20. The van der Waals surface area contributed by atoms with Gasteiger partial charge in [-0.2, -0.15) is 0 Å². The number of nitrogens with one attached hydrogen (secondary N) is 1. The quantitative estimate of drug-likeness (QED) is 0.702. The molecule has 0 amide bonds. The minimum Gasteiger partial charge on any atom is -0.389 e. The number of β-amino-alcohol motifs (C(OH)–C–C–N with tert-alkyl or cyclic N) is 1. The molecule has 0 bridgehead atoms. The number of rotatable bonds is 1. The lowest BCUT2D eigenvalue weighted by molar-refractivity contribution is 0.181. The van der Waals surface area contributed by atoms with Crippen molar-refractivity contribution in [2.75, 3.05) is 13.1 Å². The van der Waals surface area contributed by atoms with Crippen LogP contribution in [0.5, 0.6) is 0 Å². The van der Waals surface area contributed by atoms with E-state index in [0.717, 1.165) is 0 Å². The van der Waals surface area contributed by atoms with Crippen molar-refractivity contribution in [3.63, 3.8) is 0 Å². The zero-order chi connectivity index (χ0) is 12.5. The second kappa shape index (κ2) is 4.23. The number of hydrogen-bond donors (Lipinski definition) is 2. The van der Waals surface area contributed by atoms with Crippen LogP contribution in [-0.2, 0) is 0 Å². The van der Waals surface area contributed by atoms with Crippen molar-refractivity contribution >= 4 is 11.5 Å². The van der Waals surface area contributed by atoms with Gasteiger partial charge in [-0.1, -0.05) is 6.07 Å². The number of fused-ring (bicyclic) bond motifs is 1. The van der Waals surface area contributed by atoms with Gasteiger partial charge in [0, 0.05) is 18.8 Å². The number of aliphatic hydroxyl groups excluding tert-OH is 1. The summed E-state index contributed by atoms with van der Waals surface area (Å²) in [7, 11) is 0. The SMILES string of the molecule is O=c1cc(C2=NCC(O)CN2)nc2ccccn12. The molecule has 0 saturated heterocycles. The zero-order valence-corrected chi connectivity index (χ0v) is 9.58. The van der Waals surface area contributed by atoms with E-state index in [-0.39, 0.29) is 5.56 Å². The maximum absolute atomic E-state index is 11.9. The molecule has 2 aromatic heterocycles. The Morgan fingerprint density at radius 3 is 3.11 bits per heavy atom. The van der Waals surface area contributed by atoms with E-state index in [2.05, 4.69) is 15.3 Å². The Kier molecular flexibility index (Phi) is 2.56. The Morgan fingerprint density at radius 2 is 2.33 bits per heavy atom. The van der Waals surface area contributed by atoms with E-state index < -0.39 is 6.10 Å². The molecule has 3 rings (SSSR count). The van der Waals surface area contributed by atoms with Gasteiger partial charge >= 0.3 is 0 Å². The fourth-order valence-corrected chi connectivity index (χ4v) is 1.88. The minimum absolute atomic E-state index is 0.147. The molecule has 6 nitrogen and oxygen atoms in total. The molecular formula is C12H12N4O2. The highest BCUT2D eigenvalue weighted by molar-refractivity contribution is 5.97. The van der Waals surface area contributed by atoms with Crippen LogP contribution in [0.2, 0.25) is 0 Å². The first-order chi connectivity index (χ1) is 8.74. The molecule has 0 fully saturated rings. The van der Waals surface area contributed by atoms with Crippen molar-refractivity contribution in [2.45, 2.75) is 6.10 Å². The lowest BCUT2D eigenvalue weighted by Gasteiger charge is -2.18. The van der Waals surface area contributed by atoms with Crippen LogP contribution in [0.3, 0.4) is 0 Å². The molecule has 6 heteroatoms. The summed E-state index contributed by atoms with van der Waals surface area (Å²) in [5.41, 5.74) is 0.944. The molecule has 0 radical (unpaired) electrons. The third-order valence-corrected chi connectivity index (χ3v) is 2.78. The number of nitrogens with zero attached hydrogens (tertiary/aromatic N) is 3. The molecule has 1 atom stereocenters. The van der Waals surface area contributed by atoms with Crippen LogP contribution < -0.4 is 10.9 Å². The third-order valence-electron chi connectivity index (χ3n) is 2.78. The Morgan fingerprint density at radius 1 is 1.44 bits per heavy atom. The van der Waals surface area contributed by atoms with E-state index in [0.29, 0.717) is 30.3 Å². The molecule has 3 heterocycles. The second-order valence-corrected chi connectivity index (χ2v) is 4.13. The van der Waals surface area contributed by atoms with Gasteiger partial charge < -0.3 is 10.4 Å². The summed E-state index contributed by atoms with van der Waals surface area (Å²) in [5, 5.41) is 12.3. The van der Waals surface area contributed by atoms with Crippen LogP contribution in [0, 0.1) is 0 Å². The van der Waals surface area contributed by atoms with Crippen LogP contribution in [0.1, 0.15) is 5.69 Å². The molecule has 1 aliphatic rings. The number of aliphatic hydroxyl groups is 1. The van der Waals surface area contributed by atoms with E-state index in [1.54, 1.807) is 18.3 Å². The van der Waals surface area contributed by atoms with Crippen molar-refractivity contribution in [3.8, 4) is 0 Å². The molecular weight excluding hydrogens is 232 g/mol. The first kappa shape index (κ1) is 10.9. The monoisotopic (exact) mass is 244 g/mol. The summed E-state index contributed by atoms with van der Waals surface area (Å²) in [5.74, 6) is 0.559. The Balaban J connectivity index is 2.11. The second-order valence-electron chi connectivity index (χ2n) is 4.13. The van der Waals surface area contributed by atoms with Gasteiger partial charge in [0.05, 0.1) is 12.6 Å². The largest absolute Gasteiger partial charge is 0.389 e. The zero-order valence-electron chi connectivity index (χ0n) is 9.58. The molecule has 0 aromatic carbocycles. The molecule has 2 aromatic rings. The highest BCUT2D eigenvalue weighted by Gasteiger charge is 2.15. The van der Waals surface area contributed by atoms with Crippen molar-refractivity contribution in [1.29, 1.82) is 0 Å². The van der Waals surface area contributed by atoms with E-state index in [1.807, 2.05) is 6.07 Å². The first-order valence-corrected chi connectivity index (χ1v) is 5.69. The topological polar surface area (TPSA) is 79.0 Å². The molecule has 92 valence electrons. The molecule has 0 aliphatic carbocycles. The average Bonchev–Trinajstić information content (AvgIpc) is 2.39. The van der Waals surface area contributed by atoms with Gasteiger partial charge in [-0.25, -0.2) is 4.98 Å². The van der Waals surface area contributed by atoms with Crippen LogP contribution in [0.25, 0.3) is 5.65 Å². The number of pyridine rings is 1. The average molecular weight is 244 g/mol. The maximum Gasteiger partial charge on any atom is 0.258 e. The summed E-state index contributed by atoms with van der Waals surface area (Å²) in [6, 6.07) is 6.81. The highest BCUT2D eigenvalue weighted by atomic mass is 16.3. The van der Waals surface area contributed by atoms with Gasteiger partial charge in [0.2, 0.25) is 0 Å². The molecule has 0 saturated carbocycles. The summed E-state index contributed by atoms with van der Waals surface area (Å²) in [4.78, 5) is 20.4. The van der Waals surface area contributed by atoms with Gasteiger partial charge in [0.25, 0.3) is 5.56 Å². The number of aromatic nitrogens is 2. The van der Waals surface area contributed by atoms with Gasteiger partial charge in [0.1, 0.15) is 17.2 Å². The molecule has 18 heavy (non-hydrogen) atoms. The molecule has 2 N–H and O–H groups in total. The van der Waals surface area contributed by atoms with Crippen molar-refractivity contribution in [3.05, 3.63) is 46.5 Å². The standard InChI is InChI=1S/C12H12N4O2/c17-8-6-13-12(14-7-8)9-5-11(18)16-4-2-1-3-10(16)15-9/h1-5,8,17H,6-7H2,(H,13,14).